The Morgan fingerprint density at radius 2 is 1.85 bits per heavy atom. The number of carbonyl (C=O) groups excluding carboxylic acids is 2. The normalized spacial score (nSPS) is 17.2. The van der Waals surface area contributed by atoms with Crippen LogP contribution in [0.2, 0.25) is 0 Å². The molecule has 0 spiro atoms. The molecular weight excluding hydrogens is 359 g/mol. The number of halogens is 3. The molecule has 150 valence electrons. The molecule has 1 heterocycles. The molecule has 1 amide bonds. The lowest BCUT2D eigenvalue weighted by molar-refractivity contribution is -0.148. The molecule has 1 aliphatic heterocycles. The molecule has 1 aromatic rings. The van der Waals surface area contributed by atoms with Crippen LogP contribution in [0.5, 0.6) is 0 Å². The van der Waals surface area contributed by atoms with E-state index in [0.29, 0.717) is 12.8 Å². The first-order valence-corrected chi connectivity index (χ1v) is 9.50. The molecule has 0 radical (unpaired) electrons. The predicted octanol–water partition coefficient (Wildman–Crippen LogP) is 4.82. The summed E-state index contributed by atoms with van der Waals surface area (Å²) in [6.07, 6.45) is 1.41. The van der Waals surface area contributed by atoms with Crippen molar-refractivity contribution in [3.8, 4) is 0 Å². The van der Waals surface area contributed by atoms with Crippen LogP contribution in [-0.4, -0.2) is 36.0 Å². The van der Waals surface area contributed by atoms with E-state index in [1.165, 1.54) is 17.0 Å². The van der Waals surface area contributed by atoms with E-state index in [1.54, 1.807) is 0 Å². The van der Waals surface area contributed by atoms with Gasteiger partial charge in [-0.05, 0) is 31.4 Å². The third kappa shape index (κ3) is 5.71. The quantitative estimate of drug-likeness (QED) is 0.476. The van der Waals surface area contributed by atoms with E-state index in [-0.39, 0.29) is 13.2 Å². The molecule has 1 unspecified atom stereocenters. The number of likely N-dealkylation sites (tertiary alicyclic amines) is 1. The SMILES string of the molecule is CCCCCCCOC(=O)C1CCCN1C(=O)c1ccccc1C(F)(F)F. The van der Waals surface area contributed by atoms with E-state index >= 15 is 0 Å². The van der Waals surface area contributed by atoms with Crippen LogP contribution >= 0.6 is 0 Å². The monoisotopic (exact) mass is 385 g/mol. The molecule has 1 atom stereocenters. The number of ether oxygens (including phenoxy) is 1. The van der Waals surface area contributed by atoms with Crippen LogP contribution in [0, 0.1) is 0 Å². The van der Waals surface area contributed by atoms with Crippen LogP contribution in [0.25, 0.3) is 0 Å². The summed E-state index contributed by atoms with van der Waals surface area (Å²) in [5, 5.41) is 0. The molecule has 1 aliphatic rings. The van der Waals surface area contributed by atoms with Crippen molar-refractivity contribution >= 4 is 11.9 Å². The van der Waals surface area contributed by atoms with Crippen molar-refractivity contribution in [2.45, 2.75) is 64.1 Å². The molecule has 0 aromatic heterocycles. The lowest BCUT2D eigenvalue weighted by Gasteiger charge is -2.24. The summed E-state index contributed by atoms with van der Waals surface area (Å²) >= 11 is 0. The van der Waals surface area contributed by atoms with E-state index in [4.69, 9.17) is 4.74 Å². The third-order valence-corrected chi connectivity index (χ3v) is 4.74. The van der Waals surface area contributed by atoms with Gasteiger partial charge in [0.05, 0.1) is 17.7 Å². The van der Waals surface area contributed by atoms with Gasteiger partial charge in [0.2, 0.25) is 0 Å². The second-order valence-electron chi connectivity index (χ2n) is 6.78. The summed E-state index contributed by atoms with van der Waals surface area (Å²) in [5.74, 6) is -1.30. The largest absolute Gasteiger partial charge is 0.464 e. The fraction of sp³-hybridized carbons (Fsp3) is 0.600. The third-order valence-electron chi connectivity index (χ3n) is 4.74. The number of hydrogen-bond acceptors (Lipinski definition) is 3. The van der Waals surface area contributed by atoms with Gasteiger partial charge in [-0.25, -0.2) is 4.79 Å². The van der Waals surface area contributed by atoms with Crippen LogP contribution in [-0.2, 0) is 15.7 Å². The Labute approximate surface area is 157 Å². The van der Waals surface area contributed by atoms with Crippen molar-refractivity contribution in [2.24, 2.45) is 0 Å². The van der Waals surface area contributed by atoms with Gasteiger partial charge >= 0.3 is 12.1 Å². The Bertz CT molecular complexity index is 646. The summed E-state index contributed by atoms with van der Waals surface area (Å²) in [6.45, 7) is 2.64. The van der Waals surface area contributed by atoms with Gasteiger partial charge in [-0.2, -0.15) is 13.2 Å². The van der Waals surface area contributed by atoms with Crippen LogP contribution in [0.1, 0.15) is 67.8 Å². The van der Waals surface area contributed by atoms with Crippen molar-refractivity contribution in [3.63, 3.8) is 0 Å². The van der Waals surface area contributed by atoms with Crippen molar-refractivity contribution < 1.29 is 27.5 Å². The number of rotatable bonds is 8. The molecule has 1 aromatic carbocycles. The van der Waals surface area contributed by atoms with Gasteiger partial charge in [0.15, 0.2) is 0 Å². The molecule has 1 saturated heterocycles. The van der Waals surface area contributed by atoms with Gasteiger partial charge in [-0.15, -0.1) is 0 Å². The Morgan fingerprint density at radius 3 is 2.56 bits per heavy atom. The highest BCUT2D eigenvalue weighted by molar-refractivity contribution is 5.98. The molecule has 4 nitrogen and oxygen atoms in total. The lowest BCUT2D eigenvalue weighted by atomic mass is 10.1. The minimum absolute atomic E-state index is 0.251. The van der Waals surface area contributed by atoms with E-state index in [1.807, 2.05) is 0 Å². The molecule has 0 aliphatic carbocycles. The number of amides is 1. The van der Waals surface area contributed by atoms with Gasteiger partial charge in [-0.1, -0.05) is 44.7 Å². The summed E-state index contributed by atoms with van der Waals surface area (Å²) < 4.78 is 44.8. The zero-order valence-corrected chi connectivity index (χ0v) is 15.6. The predicted molar refractivity (Wildman–Crippen MR) is 95.2 cm³/mol. The van der Waals surface area contributed by atoms with E-state index < -0.39 is 35.2 Å². The Kier molecular flexibility index (Phi) is 7.68. The summed E-state index contributed by atoms with van der Waals surface area (Å²) in [7, 11) is 0. The number of hydrogen-bond donors (Lipinski definition) is 0. The van der Waals surface area contributed by atoms with Crippen LogP contribution in [0.3, 0.4) is 0 Å². The van der Waals surface area contributed by atoms with E-state index in [9.17, 15) is 22.8 Å². The topological polar surface area (TPSA) is 46.6 Å². The molecule has 0 saturated carbocycles. The number of unbranched alkanes of at least 4 members (excludes halogenated alkanes) is 4. The number of benzene rings is 1. The van der Waals surface area contributed by atoms with Gasteiger partial charge in [0.25, 0.3) is 5.91 Å². The maximum Gasteiger partial charge on any atom is 0.417 e. The zero-order chi connectivity index (χ0) is 19.9. The highest BCUT2D eigenvalue weighted by atomic mass is 19.4. The average Bonchev–Trinajstić information content (AvgIpc) is 3.13. The summed E-state index contributed by atoms with van der Waals surface area (Å²) in [4.78, 5) is 26.2. The standard InChI is InChI=1S/C20H26F3NO3/c1-2-3-4-5-8-14-27-19(26)17-12-9-13-24(17)18(25)15-10-6-7-11-16(15)20(21,22)23/h6-7,10-11,17H,2-5,8-9,12-14H2,1H3. The minimum Gasteiger partial charge on any atom is -0.464 e. The minimum atomic E-state index is -4.62. The fourth-order valence-electron chi connectivity index (χ4n) is 3.30. The molecular formula is C20H26F3NO3. The second-order valence-corrected chi connectivity index (χ2v) is 6.78. The Morgan fingerprint density at radius 1 is 1.15 bits per heavy atom. The van der Waals surface area contributed by atoms with E-state index in [0.717, 1.165) is 44.2 Å². The molecule has 27 heavy (non-hydrogen) atoms. The van der Waals surface area contributed by atoms with Crippen molar-refractivity contribution in [3.05, 3.63) is 35.4 Å². The summed E-state index contributed by atoms with van der Waals surface area (Å²) in [5.41, 5.74) is -1.41. The fourth-order valence-corrected chi connectivity index (χ4v) is 3.30. The Hall–Kier alpha value is -2.05. The highest BCUT2D eigenvalue weighted by Crippen LogP contribution is 2.33. The molecule has 1 fully saturated rings. The van der Waals surface area contributed by atoms with Gasteiger partial charge in [0, 0.05) is 6.54 Å². The molecule has 7 heteroatoms. The number of alkyl halides is 3. The maximum absolute atomic E-state index is 13.2. The summed E-state index contributed by atoms with van der Waals surface area (Å²) in [6, 6.07) is 3.86. The molecule has 0 N–H and O–H groups in total. The van der Waals surface area contributed by atoms with Crippen LogP contribution in [0.4, 0.5) is 13.2 Å². The van der Waals surface area contributed by atoms with Crippen molar-refractivity contribution in [1.29, 1.82) is 0 Å². The molecule has 0 bridgehead atoms. The highest BCUT2D eigenvalue weighted by Gasteiger charge is 2.40. The van der Waals surface area contributed by atoms with Crippen molar-refractivity contribution in [2.75, 3.05) is 13.2 Å². The van der Waals surface area contributed by atoms with Gasteiger partial charge in [0.1, 0.15) is 6.04 Å². The number of carbonyl (C=O) groups is 2. The lowest BCUT2D eigenvalue weighted by Crippen LogP contribution is -2.42. The van der Waals surface area contributed by atoms with E-state index in [2.05, 4.69) is 6.92 Å². The second kappa shape index (κ2) is 9.76. The number of nitrogens with zero attached hydrogens (tertiary/aromatic N) is 1. The Balaban J connectivity index is 1.99. The number of esters is 1. The van der Waals surface area contributed by atoms with Gasteiger partial charge < -0.3 is 9.64 Å². The van der Waals surface area contributed by atoms with Crippen molar-refractivity contribution in [1.82, 2.24) is 4.90 Å². The zero-order valence-electron chi connectivity index (χ0n) is 15.6. The first kappa shape index (κ1) is 21.3. The van der Waals surface area contributed by atoms with Crippen LogP contribution < -0.4 is 0 Å². The first-order valence-electron chi connectivity index (χ1n) is 9.50. The van der Waals surface area contributed by atoms with Gasteiger partial charge in [-0.3, -0.25) is 4.79 Å². The first-order chi connectivity index (χ1) is 12.9. The molecule has 2 rings (SSSR count). The average molecular weight is 385 g/mol. The smallest absolute Gasteiger partial charge is 0.417 e. The van der Waals surface area contributed by atoms with Crippen LogP contribution in [0.15, 0.2) is 24.3 Å². The maximum atomic E-state index is 13.2.